The number of aromatic nitrogens is 3. The van der Waals surface area contributed by atoms with E-state index in [2.05, 4.69) is 27.2 Å². The molecule has 1 aliphatic rings. The first-order valence-electron chi connectivity index (χ1n) is 9.02. The standard InChI is InChI=1S/C19H23N5O2/c1-13(19-21-15-7-3-4-8-17(15)26-19)23-10-5-6-14(12-23)24-11-9-16(22-24)18(25)20-2/h3-4,7-9,11,13-14H,5-6,10,12H2,1-2H3,(H,20,25)/t13-,14+/m0/s1. The fourth-order valence-electron chi connectivity index (χ4n) is 3.57. The Morgan fingerprint density at radius 2 is 2.19 bits per heavy atom. The quantitative estimate of drug-likeness (QED) is 0.780. The summed E-state index contributed by atoms with van der Waals surface area (Å²) in [5.41, 5.74) is 2.17. The van der Waals surface area contributed by atoms with Crippen molar-refractivity contribution in [1.29, 1.82) is 0 Å². The lowest BCUT2D eigenvalue weighted by molar-refractivity contribution is 0.0952. The Morgan fingerprint density at radius 1 is 1.35 bits per heavy atom. The van der Waals surface area contributed by atoms with E-state index in [0.29, 0.717) is 5.69 Å². The van der Waals surface area contributed by atoms with Crippen molar-refractivity contribution in [1.82, 2.24) is 25.0 Å². The van der Waals surface area contributed by atoms with Crippen LogP contribution in [0.15, 0.2) is 40.9 Å². The van der Waals surface area contributed by atoms with Crippen LogP contribution in [0.4, 0.5) is 0 Å². The van der Waals surface area contributed by atoms with Gasteiger partial charge >= 0.3 is 0 Å². The maximum atomic E-state index is 11.7. The number of hydrogen-bond acceptors (Lipinski definition) is 5. The number of likely N-dealkylation sites (tertiary alicyclic amines) is 1. The second-order valence-electron chi connectivity index (χ2n) is 6.75. The molecule has 136 valence electrons. The third kappa shape index (κ3) is 3.10. The van der Waals surface area contributed by atoms with Gasteiger partial charge < -0.3 is 9.73 Å². The topological polar surface area (TPSA) is 76.2 Å². The first-order chi connectivity index (χ1) is 12.7. The summed E-state index contributed by atoms with van der Waals surface area (Å²) in [5.74, 6) is 0.592. The maximum absolute atomic E-state index is 11.7. The lowest BCUT2D eigenvalue weighted by Crippen LogP contribution is -2.38. The molecule has 0 saturated carbocycles. The van der Waals surface area contributed by atoms with E-state index in [-0.39, 0.29) is 18.0 Å². The molecule has 1 aliphatic heterocycles. The molecule has 7 nitrogen and oxygen atoms in total. The number of nitrogens with zero attached hydrogens (tertiary/aromatic N) is 4. The molecular weight excluding hydrogens is 330 g/mol. The van der Waals surface area contributed by atoms with E-state index in [1.807, 2.05) is 35.1 Å². The Labute approximate surface area is 152 Å². The van der Waals surface area contributed by atoms with Gasteiger partial charge in [-0.05, 0) is 44.5 Å². The van der Waals surface area contributed by atoms with Crippen molar-refractivity contribution >= 4 is 17.0 Å². The average molecular weight is 353 g/mol. The highest BCUT2D eigenvalue weighted by Crippen LogP contribution is 2.30. The van der Waals surface area contributed by atoms with Crippen molar-refractivity contribution in [3.05, 3.63) is 48.1 Å². The van der Waals surface area contributed by atoms with Gasteiger partial charge in [0.1, 0.15) is 11.2 Å². The zero-order valence-electron chi connectivity index (χ0n) is 15.1. The third-order valence-corrected chi connectivity index (χ3v) is 5.09. The first kappa shape index (κ1) is 16.8. The fourth-order valence-corrected chi connectivity index (χ4v) is 3.57. The predicted molar refractivity (Wildman–Crippen MR) is 97.9 cm³/mol. The molecule has 2 aromatic heterocycles. The molecule has 1 aromatic carbocycles. The molecule has 0 radical (unpaired) electrons. The predicted octanol–water partition coefficient (Wildman–Crippen LogP) is 2.78. The number of piperidine rings is 1. The Bertz CT molecular complexity index is 882. The first-order valence-corrected chi connectivity index (χ1v) is 9.02. The van der Waals surface area contributed by atoms with Gasteiger partial charge in [0, 0.05) is 19.8 Å². The van der Waals surface area contributed by atoms with Crippen molar-refractivity contribution in [2.75, 3.05) is 20.1 Å². The summed E-state index contributed by atoms with van der Waals surface area (Å²) in [6.45, 7) is 3.99. The number of amides is 1. The normalized spacial score (nSPS) is 19.5. The van der Waals surface area contributed by atoms with Crippen molar-refractivity contribution < 1.29 is 9.21 Å². The van der Waals surface area contributed by atoms with Crippen molar-refractivity contribution in [3.63, 3.8) is 0 Å². The second kappa shape index (κ2) is 6.92. The van der Waals surface area contributed by atoms with E-state index in [1.165, 1.54) is 0 Å². The van der Waals surface area contributed by atoms with Crippen LogP contribution in [-0.2, 0) is 0 Å². The minimum Gasteiger partial charge on any atom is -0.439 e. The van der Waals surface area contributed by atoms with Crippen LogP contribution in [0.25, 0.3) is 11.1 Å². The zero-order chi connectivity index (χ0) is 18.1. The van der Waals surface area contributed by atoms with E-state index in [4.69, 9.17) is 4.42 Å². The van der Waals surface area contributed by atoms with Crippen LogP contribution in [0.2, 0.25) is 0 Å². The minimum atomic E-state index is -0.156. The molecular formula is C19H23N5O2. The molecule has 1 amide bonds. The zero-order valence-corrected chi connectivity index (χ0v) is 15.1. The Balaban J connectivity index is 1.50. The lowest BCUT2D eigenvalue weighted by Gasteiger charge is -2.35. The number of oxazole rings is 1. The molecule has 1 saturated heterocycles. The molecule has 26 heavy (non-hydrogen) atoms. The summed E-state index contributed by atoms with van der Waals surface area (Å²) in [4.78, 5) is 18.7. The van der Waals surface area contributed by atoms with Crippen LogP contribution >= 0.6 is 0 Å². The Kier molecular flexibility index (Phi) is 4.46. The summed E-state index contributed by atoms with van der Waals surface area (Å²) in [6.07, 6.45) is 4.01. The number of carbonyl (C=O) groups is 1. The van der Waals surface area contributed by atoms with Crippen LogP contribution in [0.3, 0.4) is 0 Å². The maximum Gasteiger partial charge on any atom is 0.271 e. The highest BCUT2D eigenvalue weighted by atomic mass is 16.3. The highest BCUT2D eigenvalue weighted by Gasteiger charge is 2.28. The molecule has 3 heterocycles. The van der Waals surface area contributed by atoms with Gasteiger partial charge in [0.25, 0.3) is 5.91 Å². The Hall–Kier alpha value is -2.67. The van der Waals surface area contributed by atoms with Crippen LogP contribution < -0.4 is 5.32 Å². The fraction of sp³-hybridized carbons (Fsp3) is 0.421. The average Bonchev–Trinajstić information content (AvgIpc) is 3.34. The Morgan fingerprint density at radius 3 is 3.00 bits per heavy atom. The summed E-state index contributed by atoms with van der Waals surface area (Å²) >= 11 is 0. The molecule has 4 rings (SSSR count). The largest absolute Gasteiger partial charge is 0.439 e. The number of fused-ring (bicyclic) bond motifs is 1. The molecule has 1 N–H and O–H groups in total. The highest BCUT2D eigenvalue weighted by molar-refractivity contribution is 5.91. The number of hydrogen-bond donors (Lipinski definition) is 1. The summed E-state index contributed by atoms with van der Waals surface area (Å²) in [7, 11) is 1.62. The summed E-state index contributed by atoms with van der Waals surface area (Å²) in [5, 5.41) is 7.06. The number of rotatable bonds is 4. The lowest BCUT2D eigenvalue weighted by atomic mass is 10.0. The van der Waals surface area contributed by atoms with Gasteiger partial charge in [-0.3, -0.25) is 14.4 Å². The molecule has 0 spiro atoms. The number of benzene rings is 1. The van der Waals surface area contributed by atoms with Crippen LogP contribution in [0.5, 0.6) is 0 Å². The van der Waals surface area contributed by atoms with Gasteiger partial charge in [-0.15, -0.1) is 0 Å². The molecule has 0 bridgehead atoms. The minimum absolute atomic E-state index is 0.0965. The molecule has 2 atom stereocenters. The van der Waals surface area contributed by atoms with E-state index >= 15 is 0 Å². The number of nitrogens with one attached hydrogen (secondary N) is 1. The van der Waals surface area contributed by atoms with Crippen LogP contribution in [0.1, 0.15) is 48.2 Å². The van der Waals surface area contributed by atoms with E-state index < -0.39 is 0 Å². The third-order valence-electron chi connectivity index (χ3n) is 5.09. The van der Waals surface area contributed by atoms with Gasteiger partial charge in [-0.1, -0.05) is 12.1 Å². The van der Waals surface area contributed by atoms with Crippen LogP contribution in [-0.4, -0.2) is 45.7 Å². The van der Waals surface area contributed by atoms with Crippen molar-refractivity contribution in [3.8, 4) is 0 Å². The molecule has 0 unspecified atom stereocenters. The van der Waals surface area contributed by atoms with Gasteiger partial charge in [-0.2, -0.15) is 5.10 Å². The van der Waals surface area contributed by atoms with Crippen molar-refractivity contribution in [2.24, 2.45) is 0 Å². The molecule has 0 aliphatic carbocycles. The van der Waals surface area contributed by atoms with Gasteiger partial charge in [0.15, 0.2) is 5.58 Å². The van der Waals surface area contributed by atoms with Crippen LogP contribution in [0, 0.1) is 0 Å². The molecule has 1 fully saturated rings. The number of carbonyl (C=O) groups excluding carboxylic acids is 1. The van der Waals surface area contributed by atoms with Gasteiger partial charge in [0.2, 0.25) is 5.89 Å². The van der Waals surface area contributed by atoms with E-state index in [9.17, 15) is 4.79 Å². The monoisotopic (exact) mass is 353 g/mol. The summed E-state index contributed by atoms with van der Waals surface area (Å²) < 4.78 is 7.86. The smallest absolute Gasteiger partial charge is 0.271 e. The molecule has 7 heteroatoms. The molecule has 3 aromatic rings. The second-order valence-corrected chi connectivity index (χ2v) is 6.75. The van der Waals surface area contributed by atoms with Gasteiger partial charge in [0.05, 0.1) is 12.1 Å². The van der Waals surface area contributed by atoms with E-state index in [0.717, 1.165) is 42.9 Å². The number of para-hydroxylation sites is 2. The van der Waals surface area contributed by atoms with Crippen molar-refractivity contribution in [2.45, 2.75) is 31.8 Å². The van der Waals surface area contributed by atoms with Gasteiger partial charge in [-0.25, -0.2) is 4.98 Å². The SMILES string of the molecule is CNC(=O)c1ccn([C@@H]2CCCN([C@@H](C)c3nc4ccccc4o3)C2)n1. The summed E-state index contributed by atoms with van der Waals surface area (Å²) in [6, 6.07) is 9.95. The van der Waals surface area contributed by atoms with E-state index in [1.54, 1.807) is 13.1 Å².